The van der Waals surface area contributed by atoms with E-state index < -0.39 is 11.6 Å². The molecule has 1 atom stereocenters. The van der Waals surface area contributed by atoms with Gasteiger partial charge >= 0.3 is 5.97 Å². The lowest BCUT2D eigenvalue weighted by Crippen LogP contribution is -2.30. The maximum Gasteiger partial charge on any atom is 0.337 e. The smallest absolute Gasteiger partial charge is 0.337 e. The Balaban J connectivity index is 3.20. The summed E-state index contributed by atoms with van der Waals surface area (Å²) in [6, 6.07) is 7.45. The van der Waals surface area contributed by atoms with E-state index in [1.54, 1.807) is 17.9 Å². The fourth-order valence-corrected chi connectivity index (χ4v) is 2.68. The van der Waals surface area contributed by atoms with Crippen molar-refractivity contribution in [1.82, 2.24) is 0 Å². The Hall–Kier alpha value is -0.880. The van der Waals surface area contributed by atoms with Gasteiger partial charge in [-0.2, -0.15) is 0 Å². The van der Waals surface area contributed by atoms with E-state index in [2.05, 4.69) is 0 Å². The zero-order valence-electron chi connectivity index (χ0n) is 10.7. The van der Waals surface area contributed by atoms with Crippen molar-refractivity contribution in [1.29, 1.82) is 0 Å². The number of hydrogen-bond donors (Lipinski definition) is 1. The first kappa shape index (κ1) is 15.2. The fraction of sp³-hybridized carbons (Fsp3) is 0.357. The molecule has 1 unspecified atom stereocenters. The molecule has 0 spiro atoms. The molecule has 1 N–H and O–H groups in total. The zero-order chi connectivity index (χ0) is 13.8. The van der Waals surface area contributed by atoms with Crippen molar-refractivity contribution in [3.63, 3.8) is 0 Å². The molecule has 4 heteroatoms. The highest BCUT2D eigenvalue weighted by molar-refractivity contribution is 14.1. The summed E-state index contributed by atoms with van der Waals surface area (Å²) in [6.45, 7) is 5.54. The third-order valence-corrected chi connectivity index (χ3v) is 3.42. The van der Waals surface area contributed by atoms with Gasteiger partial charge in [-0.25, -0.2) is 4.79 Å². The Kier molecular flexibility index (Phi) is 5.34. The number of rotatable bonds is 4. The highest BCUT2D eigenvalue weighted by Crippen LogP contribution is 2.32. The first-order valence-corrected chi connectivity index (χ1v) is 6.96. The number of benzene rings is 1. The van der Waals surface area contributed by atoms with Gasteiger partial charge in [0.25, 0.3) is 0 Å². The predicted octanol–water partition coefficient (Wildman–Crippen LogP) is 3.08. The molecule has 0 heterocycles. The Bertz CT molecular complexity index is 464. The maximum absolute atomic E-state index is 11.9. The zero-order valence-corrected chi connectivity index (χ0v) is 12.9. The summed E-state index contributed by atoms with van der Waals surface area (Å²) in [7, 11) is 0. The second kappa shape index (κ2) is 6.33. The van der Waals surface area contributed by atoms with E-state index in [9.17, 15) is 9.90 Å². The van der Waals surface area contributed by atoms with Crippen LogP contribution in [-0.4, -0.2) is 17.7 Å². The van der Waals surface area contributed by atoms with Crippen LogP contribution in [0.3, 0.4) is 0 Å². The molecular formula is C14H17IO3. The summed E-state index contributed by atoms with van der Waals surface area (Å²) in [6.07, 6.45) is 0. The van der Waals surface area contributed by atoms with Crippen molar-refractivity contribution in [3.8, 4) is 0 Å². The van der Waals surface area contributed by atoms with Gasteiger partial charge in [0.15, 0.2) is 0 Å². The molecular weight excluding hydrogens is 343 g/mol. The van der Waals surface area contributed by atoms with Gasteiger partial charge < -0.3 is 9.84 Å². The van der Waals surface area contributed by atoms with Crippen molar-refractivity contribution >= 4 is 28.6 Å². The van der Waals surface area contributed by atoms with Crippen LogP contribution in [-0.2, 0) is 15.1 Å². The third kappa shape index (κ3) is 3.11. The van der Waals surface area contributed by atoms with Crippen LogP contribution in [0.4, 0.5) is 0 Å². The van der Waals surface area contributed by atoms with Gasteiger partial charge in [-0.1, -0.05) is 46.9 Å². The molecule has 1 aromatic rings. The highest BCUT2D eigenvalue weighted by atomic mass is 127. The molecule has 0 saturated heterocycles. The van der Waals surface area contributed by atoms with Gasteiger partial charge in [0.1, 0.15) is 5.60 Å². The van der Waals surface area contributed by atoms with Crippen LogP contribution in [0.2, 0.25) is 0 Å². The largest absolute Gasteiger partial charge is 0.463 e. The van der Waals surface area contributed by atoms with Crippen LogP contribution >= 0.6 is 22.6 Å². The lowest BCUT2D eigenvalue weighted by Gasteiger charge is -2.27. The second-order valence-electron chi connectivity index (χ2n) is 4.13. The SMILES string of the molecule is CCOC(=O)C(=CI)C(C)(O)c1ccccc1C. The van der Waals surface area contributed by atoms with Crippen LogP contribution in [0, 0.1) is 6.92 Å². The Morgan fingerprint density at radius 3 is 2.61 bits per heavy atom. The molecule has 0 radical (unpaired) electrons. The van der Waals surface area contributed by atoms with Crippen LogP contribution in [0.15, 0.2) is 33.9 Å². The number of aryl methyl sites for hydroxylation is 1. The Labute approximate surface area is 121 Å². The molecule has 18 heavy (non-hydrogen) atoms. The van der Waals surface area contributed by atoms with Crippen molar-refractivity contribution in [2.24, 2.45) is 0 Å². The normalized spacial score (nSPS) is 15.1. The van der Waals surface area contributed by atoms with E-state index >= 15 is 0 Å². The third-order valence-electron chi connectivity index (χ3n) is 2.80. The summed E-state index contributed by atoms with van der Waals surface area (Å²) in [5.74, 6) is -0.486. The molecule has 1 rings (SSSR count). The van der Waals surface area contributed by atoms with Crippen molar-refractivity contribution in [3.05, 3.63) is 45.0 Å². The fourth-order valence-electron chi connectivity index (χ4n) is 1.82. The van der Waals surface area contributed by atoms with Gasteiger partial charge in [0, 0.05) is 0 Å². The minimum absolute atomic E-state index is 0.249. The molecule has 3 nitrogen and oxygen atoms in total. The summed E-state index contributed by atoms with van der Waals surface area (Å²) in [5.41, 5.74) is 0.543. The Morgan fingerprint density at radius 1 is 1.50 bits per heavy atom. The maximum atomic E-state index is 11.9. The van der Waals surface area contributed by atoms with E-state index in [0.29, 0.717) is 5.56 Å². The molecule has 0 aliphatic heterocycles. The van der Waals surface area contributed by atoms with Gasteiger partial charge in [-0.15, -0.1) is 0 Å². The standard InChI is InChI=1S/C14H17IO3/c1-4-18-13(16)12(9-15)14(3,17)11-8-6-5-7-10(11)2/h5-9,17H,4H2,1-3H3. The van der Waals surface area contributed by atoms with E-state index in [-0.39, 0.29) is 12.2 Å². The van der Waals surface area contributed by atoms with Crippen LogP contribution < -0.4 is 0 Å². The molecule has 0 saturated carbocycles. The van der Waals surface area contributed by atoms with Crippen LogP contribution in [0.5, 0.6) is 0 Å². The van der Waals surface area contributed by atoms with Crippen molar-refractivity contribution in [2.45, 2.75) is 26.4 Å². The van der Waals surface area contributed by atoms with Gasteiger partial charge in [0.05, 0.1) is 12.2 Å². The molecule has 98 valence electrons. The quantitative estimate of drug-likeness (QED) is 0.510. The first-order chi connectivity index (χ1) is 8.45. The molecule has 0 bridgehead atoms. The molecule has 0 fully saturated rings. The van der Waals surface area contributed by atoms with Crippen molar-refractivity contribution < 1.29 is 14.6 Å². The van der Waals surface area contributed by atoms with Gasteiger partial charge in [-0.3, -0.25) is 0 Å². The van der Waals surface area contributed by atoms with E-state index in [1.165, 1.54) is 0 Å². The number of carbonyl (C=O) groups excluding carboxylic acids is 1. The predicted molar refractivity (Wildman–Crippen MR) is 79.5 cm³/mol. The summed E-state index contributed by atoms with van der Waals surface area (Å²) in [5, 5.41) is 10.6. The lowest BCUT2D eigenvalue weighted by molar-refractivity contribution is -0.141. The average molecular weight is 360 g/mol. The molecule has 0 amide bonds. The minimum Gasteiger partial charge on any atom is -0.463 e. The number of hydrogen-bond acceptors (Lipinski definition) is 3. The topological polar surface area (TPSA) is 46.5 Å². The summed E-state index contributed by atoms with van der Waals surface area (Å²) < 4.78 is 6.54. The molecule has 0 aromatic heterocycles. The monoisotopic (exact) mass is 360 g/mol. The van der Waals surface area contributed by atoms with E-state index in [0.717, 1.165) is 5.56 Å². The minimum atomic E-state index is -1.35. The number of ether oxygens (including phenoxy) is 1. The summed E-state index contributed by atoms with van der Waals surface area (Å²) >= 11 is 1.95. The summed E-state index contributed by atoms with van der Waals surface area (Å²) in [4.78, 5) is 11.9. The molecule has 1 aromatic carbocycles. The number of carbonyl (C=O) groups is 1. The van der Waals surface area contributed by atoms with Crippen molar-refractivity contribution in [2.75, 3.05) is 6.61 Å². The number of halogens is 1. The second-order valence-corrected chi connectivity index (χ2v) is 4.75. The lowest BCUT2D eigenvalue weighted by atomic mass is 9.86. The van der Waals surface area contributed by atoms with Crippen LogP contribution in [0.1, 0.15) is 25.0 Å². The van der Waals surface area contributed by atoms with E-state index in [4.69, 9.17) is 4.74 Å². The van der Waals surface area contributed by atoms with Crippen LogP contribution in [0.25, 0.3) is 0 Å². The Morgan fingerprint density at radius 2 is 2.11 bits per heavy atom. The van der Waals surface area contributed by atoms with Gasteiger partial charge in [0.2, 0.25) is 0 Å². The first-order valence-electron chi connectivity index (χ1n) is 5.71. The number of aliphatic hydroxyl groups is 1. The molecule has 0 aliphatic rings. The highest BCUT2D eigenvalue weighted by Gasteiger charge is 2.34. The van der Waals surface area contributed by atoms with E-state index in [1.807, 2.05) is 53.8 Å². The number of esters is 1. The van der Waals surface area contributed by atoms with Gasteiger partial charge in [-0.05, 0) is 36.0 Å². The molecule has 0 aliphatic carbocycles. The average Bonchev–Trinajstić information content (AvgIpc) is 2.30.